The highest BCUT2D eigenvalue weighted by Gasteiger charge is 2.20. The van der Waals surface area contributed by atoms with Crippen LogP contribution in [-0.2, 0) is 14.3 Å². The van der Waals surface area contributed by atoms with Gasteiger partial charge in [0.2, 0.25) is 11.8 Å². The third-order valence-electron chi connectivity index (χ3n) is 4.29. The summed E-state index contributed by atoms with van der Waals surface area (Å²) in [6, 6.07) is 12.5. The first-order valence-corrected chi connectivity index (χ1v) is 9.24. The average molecular weight is 382 g/mol. The zero-order valence-electron chi connectivity index (χ0n) is 16.7. The van der Waals surface area contributed by atoms with Gasteiger partial charge in [-0.25, -0.2) is 4.79 Å². The van der Waals surface area contributed by atoms with Crippen LogP contribution in [0.15, 0.2) is 42.5 Å². The van der Waals surface area contributed by atoms with Gasteiger partial charge in [-0.05, 0) is 44.5 Å². The molecule has 2 aromatic rings. The summed E-state index contributed by atoms with van der Waals surface area (Å²) >= 11 is 0. The summed E-state index contributed by atoms with van der Waals surface area (Å²) in [5.74, 6) is -0.952. The molecular formula is C22H26N2O4. The monoisotopic (exact) mass is 382 g/mol. The molecule has 0 fully saturated rings. The van der Waals surface area contributed by atoms with E-state index in [1.807, 2.05) is 32.0 Å². The highest BCUT2D eigenvalue weighted by Crippen LogP contribution is 2.22. The summed E-state index contributed by atoms with van der Waals surface area (Å²) in [4.78, 5) is 38.2. The highest BCUT2D eigenvalue weighted by atomic mass is 16.5. The molecule has 0 aliphatic rings. The first-order chi connectivity index (χ1) is 13.3. The SMILES string of the molecule is CCOC(=O)c1ccccc1N(CCC(=O)Nc1ccc(C)cc1C)C(C)=O. The summed E-state index contributed by atoms with van der Waals surface area (Å²) in [6.07, 6.45) is 0.101. The van der Waals surface area contributed by atoms with Crippen LogP contribution >= 0.6 is 0 Å². The molecular weight excluding hydrogens is 356 g/mol. The van der Waals surface area contributed by atoms with Crippen molar-refractivity contribution in [1.29, 1.82) is 0 Å². The van der Waals surface area contributed by atoms with Gasteiger partial charge in [0.15, 0.2) is 0 Å². The van der Waals surface area contributed by atoms with E-state index in [1.54, 1.807) is 31.2 Å². The molecule has 0 radical (unpaired) electrons. The molecule has 0 aliphatic carbocycles. The lowest BCUT2D eigenvalue weighted by molar-refractivity contribution is -0.117. The fourth-order valence-corrected chi connectivity index (χ4v) is 2.92. The number of benzene rings is 2. The number of esters is 1. The molecule has 1 N–H and O–H groups in total. The van der Waals surface area contributed by atoms with Gasteiger partial charge in [0.05, 0.1) is 17.9 Å². The van der Waals surface area contributed by atoms with Gasteiger partial charge in [-0.2, -0.15) is 0 Å². The lowest BCUT2D eigenvalue weighted by Gasteiger charge is -2.23. The Morgan fingerprint density at radius 2 is 1.79 bits per heavy atom. The number of rotatable bonds is 7. The van der Waals surface area contributed by atoms with Gasteiger partial charge in [-0.15, -0.1) is 0 Å². The molecule has 6 heteroatoms. The van der Waals surface area contributed by atoms with Crippen LogP contribution in [0.25, 0.3) is 0 Å². The zero-order valence-corrected chi connectivity index (χ0v) is 16.7. The maximum Gasteiger partial charge on any atom is 0.340 e. The maximum absolute atomic E-state index is 12.4. The second-order valence-electron chi connectivity index (χ2n) is 6.52. The molecule has 2 rings (SSSR count). The molecule has 0 bridgehead atoms. The number of nitrogens with one attached hydrogen (secondary N) is 1. The fourth-order valence-electron chi connectivity index (χ4n) is 2.92. The predicted molar refractivity (Wildman–Crippen MR) is 110 cm³/mol. The van der Waals surface area contributed by atoms with Crippen molar-refractivity contribution in [2.24, 2.45) is 0 Å². The Balaban J connectivity index is 2.13. The minimum absolute atomic E-state index is 0.101. The van der Waals surface area contributed by atoms with Gasteiger partial charge in [-0.1, -0.05) is 29.8 Å². The number of ether oxygens (including phenoxy) is 1. The van der Waals surface area contributed by atoms with Crippen molar-refractivity contribution in [3.8, 4) is 0 Å². The van der Waals surface area contributed by atoms with Crippen LogP contribution in [0, 0.1) is 13.8 Å². The molecule has 28 heavy (non-hydrogen) atoms. The third kappa shape index (κ3) is 5.42. The first-order valence-electron chi connectivity index (χ1n) is 9.24. The Morgan fingerprint density at radius 3 is 2.43 bits per heavy atom. The minimum atomic E-state index is -0.496. The molecule has 0 aliphatic heterocycles. The zero-order chi connectivity index (χ0) is 20.7. The van der Waals surface area contributed by atoms with Crippen molar-refractivity contribution >= 4 is 29.2 Å². The molecule has 148 valence electrons. The van der Waals surface area contributed by atoms with Gasteiger partial charge in [0.25, 0.3) is 0 Å². The molecule has 0 saturated carbocycles. The van der Waals surface area contributed by atoms with Gasteiger partial charge in [0.1, 0.15) is 0 Å². The number of para-hydroxylation sites is 1. The standard InChI is InChI=1S/C22H26N2O4/c1-5-28-22(27)18-8-6-7-9-20(18)24(17(4)25)13-12-21(26)23-19-11-10-15(2)14-16(19)3/h6-11,14H,5,12-13H2,1-4H3,(H,23,26). The predicted octanol–water partition coefficient (Wildman–Crippen LogP) is 3.86. The molecule has 0 spiro atoms. The van der Waals surface area contributed by atoms with Crippen molar-refractivity contribution < 1.29 is 19.1 Å². The van der Waals surface area contributed by atoms with E-state index in [-0.39, 0.29) is 31.4 Å². The molecule has 2 amide bonds. The van der Waals surface area contributed by atoms with Gasteiger partial charge >= 0.3 is 5.97 Å². The van der Waals surface area contributed by atoms with E-state index in [0.29, 0.717) is 11.3 Å². The molecule has 0 saturated heterocycles. The second-order valence-corrected chi connectivity index (χ2v) is 6.52. The first kappa shape index (κ1) is 21.2. The average Bonchev–Trinajstić information content (AvgIpc) is 2.64. The second kappa shape index (κ2) is 9.69. The Hall–Kier alpha value is -3.15. The van der Waals surface area contributed by atoms with E-state index in [1.165, 1.54) is 11.8 Å². The van der Waals surface area contributed by atoms with E-state index in [0.717, 1.165) is 16.8 Å². The Morgan fingerprint density at radius 1 is 1.07 bits per heavy atom. The summed E-state index contributed by atoms with van der Waals surface area (Å²) in [5, 5.41) is 2.87. The Bertz CT molecular complexity index is 877. The van der Waals surface area contributed by atoms with Crippen molar-refractivity contribution in [1.82, 2.24) is 0 Å². The molecule has 6 nitrogen and oxygen atoms in total. The van der Waals surface area contributed by atoms with E-state index < -0.39 is 5.97 Å². The number of anilines is 2. The molecule has 0 heterocycles. The highest BCUT2D eigenvalue weighted by molar-refractivity contribution is 6.02. The van der Waals surface area contributed by atoms with Crippen LogP contribution in [-0.4, -0.2) is 30.9 Å². The molecule has 0 atom stereocenters. The van der Waals surface area contributed by atoms with Crippen LogP contribution in [0.4, 0.5) is 11.4 Å². The lowest BCUT2D eigenvalue weighted by Crippen LogP contribution is -2.33. The number of hydrogen-bond donors (Lipinski definition) is 1. The Kier molecular flexibility index (Phi) is 7.32. The molecule has 2 aromatic carbocycles. The van der Waals surface area contributed by atoms with Crippen molar-refractivity contribution in [2.45, 2.75) is 34.1 Å². The largest absolute Gasteiger partial charge is 0.462 e. The van der Waals surface area contributed by atoms with Crippen LogP contribution in [0.5, 0.6) is 0 Å². The van der Waals surface area contributed by atoms with Crippen LogP contribution in [0.1, 0.15) is 41.8 Å². The Labute approximate surface area is 165 Å². The van der Waals surface area contributed by atoms with E-state index in [9.17, 15) is 14.4 Å². The van der Waals surface area contributed by atoms with E-state index in [2.05, 4.69) is 5.32 Å². The van der Waals surface area contributed by atoms with Gasteiger partial charge < -0.3 is 15.0 Å². The molecule has 0 aromatic heterocycles. The number of carbonyl (C=O) groups is 3. The fraction of sp³-hybridized carbons (Fsp3) is 0.318. The van der Waals surface area contributed by atoms with Crippen molar-refractivity contribution in [2.75, 3.05) is 23.4 Å². The molecule has 0 unspecified atom stereocenters. The lowest BCUT2D eigenvalue weighted by atomic mass is 10.1. The van der Waals surface area contributed by atoms with E-state index in [4.69, 9.17) is 4.74 Å². The maximum atomic E-state index is 12.4. The number of carbonyl (C=O) groups excluding carboxylic acids is 3. The summed E-state index contributed by atoms with van der Waals surface area (Å²) < 4.78 is 5.07. The topological polar surface area (TPSA) is 75.7 Å². The van der Waals surface area contributed by atoms with Crippen LogP contribution in [0.3, 0.4) is 0 Å². The number of nitrogens with zero attached hydrogens (tertiary/aromatic N) is 1. The third-order valence-corrected chi connectivity index (χ3v) is 4.29. The quantitative estimate of drug-likeness (QED) is 0.738. The summed E-state index contributed by atoms with van der Waals surface area (Å²) in [5.41, 5.74) is 3.58. The minimum Gasteiger partial charge on any atom is -0.462 e. The number of amides is 2. The number of hydrogen-bond acceptors (Lipinski definition) is 4. The van der Waals surface area contributed by atoms with Crippen LogP contribution < -0.4 is 10.2 Å². The van der Waals surface area contributed by atoms with Gasteiger partial charge in [-0.3, -0.25) is 9.59 Å². The van der Waals surface area contributed by atoms with E-state index >= 15 is 0 Å². The summed E-state index contributed by atoms with van der Waals surface area (Å²) in [7, 11) is 0. The van der Waals surface area contributed by atoms with Gasteiger partial charge in [0, 0.05) is 25.6 Å². The number of aryl methyl sites for hydroxylation is 2. The van der Waals surface area contributed by atoms with Crippen LogP contribution in [0.2, 0.25) is 0 Å². The normalized spacial score (nSPS) is 10.3. The summed E-state index contributed by atoms with van der Waals surface area (Å²) in [6.45, 7) is 7.45. The van der Waals surface area contributed by atoms with Crippen molar-refractivity contribution in [3.63, 3.8) is 0 Å². The van der Waals surface area contributed by atoms with Crippen molar-refractivity contribution in [3.05, 3.63) is 59.2 Å². The smallest absolute Gasteiger partial charge is 0.340 e.